The molecule has 2 saturated heterocycles. The monoisotopic (exact) mass is 341 g/mol. The molecule has 0 aliphatic carbocycles. The number of aliphatic hydroxyl groups is 8. The van der Waals surface area contributed by atoms with E-state index in [2.05, 4.69) is 0 Å². The average molecular weight is 341 g/mol. The van der Waals surface area contributed by atoms with Crippen LogP contribution >= 0.6 is 0 Å². The van der Waals surface area contributed by atoms with Crippen molar-refractivity contribution in [2.24, 2.45) is 5.73 Å². The lowest BCUT2D eigenvalue weighted by Crippen LogP contribution is -2.82. The SMILES string of the molecule is NC[C@H]1O[C@H](O)[C@@](O)([C@@]2(O)CO[C@H](CO)[C@@H](O)[C@@H]2O)[C@@H](O)[C@@H]1O. The van der Waals surface area contributed by atoms with Crippen molar-refractivity contribution >= 4 is 0 Å². The highest BCUT2D eigenvalue weighted by Crippen LogP contribution is 2.42. The van der Waals surface area contributed by atoms with Gasteiger partial charge in [0.2, 0.25) is 0 Å². The molecule has 23 heavy (non-hydrogen) atoms. The third kappa shape index (κ3) is 2.58. The molecule has 0 aromatic rings. The molecule has 0 unspecified atom stereocenters. The van der Waals surface area contributed by atoms with Gasteiger partial charge in [-0.15, -0.1) is 0 Å². The molecule has 9 atom stereocenters. The van der Waals surface area contributed by atoms with Gasteiger partial charge in [-0.1, -0.05) is 0 Å². The number of hydrogen-bond donors (Lipinski definition) is 9. The fourth-order valence-corrected chi connectivity index (χ4v) is 3.04. The molecule has 0 saturated carbocycles. The first-order chi connectivity index (χ1) is 10.6. The molecule has 11 heteroatoms. The smallest absolute Gasteiger partial charge is 0.190 e. The van der Waals surface area contributed by atoms with Gasteiger partial charge in [0.05, 0.1) is 13.2 Å². The third-order valence-electron chi connectivity index (χ3n) is 4.65. The largest absolute Gasteiger partial charge is 0.394 e. The quantitative estimate of drug-likeness (QED) is 0.236. The molecular formula is C12H23NO10. The van der Waals surface area contributed by atoms with Crippen LogP contribution in [0.3, 0.4) is 0 Å². The summed E-state index contributed by atoms with van der Waals surface area (Å²) in [4.78, 5) is 0. The zero-order chi connectivity index (χ0) is 17.6. The van der Waals surface area contributed by atoms with E-state index in [4.69, 9.17) is 20.3 Å². The summed E-state index contributed by atoms with van der Waals surface area (Å²) in [6, 6.07) is 0. The van der Waals surface area contributed by atoms with Gasteiger partial charge in [-0.05, 0) is 0 Å². The topological polar surface area (TPSA) is 206 Å². The van der Waals surface area contributed by atoms with Gasteiger partial charge < -0.3 is 56.1 Å². The van der Waals surface area contributed by atoms with E-state index >= 15 is 0 Å². The Bertz CT molecular complexity index is 427. The van der Waals surface area contributed by atoms with E-state index in [0.717, 1.165) is 0 Å². The molecule has 0 aromatic heterocycles. The molecule has 2 aliphatic rings. The highest BCUT2D eigenvalue weighted by atomic mass is 16.6. The van der Waals surface area contributed by atoms with Crippen LogP contribution in [0.4, 0.5) is 0 Å². The van der Waals surface area contributed by atoms with Gasteiger partial charge in [0.1, 0.15) is 36.6 Å². The van der Waals surface area contributed by atoms with Crippen molar-refractivity contribution in [1.82, 2.24) is 0 Å². The maximum atomic E-state index is 10.6. The summed E-state index contributed by atoms with van der Waals surface area (Å²) in [5.41, 5.74) is -0.471. The van der Waals surface area contributed by atoms with Crippen LogP contribution < -0.4 is 5.73 Å². The number of ether oxygens (including phenoxy) is 2. The molecule has 0 spiro atoms. The fourth-order valence-electron chi connectivity index (χ4n) is 3.04. The van der Waals surface area contributed by atoms with Gasteiger partial charge in [0.15, 0.2) is 17.5 Å². The molecule has 0 radical (unpaired) electrons. The predicted molar refractivity (Wildman–Crippen MR) is 70.7 cm³/mol. The lowest BCUT2D eigenvalue weighted by atomic mass is 9.68. The summed E-state index contributed by atoms with van der Waals surface area (Å²) < 4.78 is 9.88. The van der Waals surface area contributed by atoms with E-state index in [1.165, 1.54) is 0 Å². The first kappa shape index (κ1) is 18.9. The van der Waals surface area contributed by atoms with Crippen LogP contribution in [0.25, 0.3) is 0 Å². The van der Waals surface area contributed by atoms with Crippen molar-refractivity contribution in [3.05, 3.63) is 0 Å². The summed E-state index contributed by atoms with van der Waals surface area (Å²) in [5.74, 6) is 0. The van der Waals surface area contributed by atoms with E-state index in [9.17, 15) is 35.7 Å². The van der Waals surface area contributed by atoms with Gasteiger partial charge in [0.25, 0.3) is 0 Å². The highest BCUT2D eigenvalue weighted by molar-refractivity contribution is 5.17. The summed E-state index contributed by atoms with van der Waals surface area (Å²) >= 11 is 0. The van der Waals surface area contributed by atoms with Crippen molar-refractivity contribution in [2.45, 2.75) is 54.1 Å². The van der Waals surface area contributed by atoms with E-state index < -0.39 is 67.3 Å². The standard InChI is InChI=1S/C12H23NO10/c13-1-4-6(15)9(18)12(21,10(19)23-4)11(20)3-22-5(2-14)7(16)8(11)17/h4-10,14-21H,1-3,13H2/t4-,5-,6-,7-,8+,9+,10+,11-,12-/m1/s1. The van der Waals surface area contributed by atoms with Gasteiger partial charge in [-0.25, -0.2) is 0 Å². The van der Waals surface area contributed by atoms with Crippen LogP contribution in [0.15, 0.2) is 0 Å². The van der Waals surface area contributed by atoms with Crippen LogP contribution in [-0.4, -0.2) is 115 Å². The van der Waals surface area contributed by atoms with Crippen molar-refractivity contribution < 1.29 is 50.3 Å². The fraction of sp³-hybridized carbons (Fsp3) is 1.00. The number of rotatable bonds is 3. The van der Waals surface area contributed by atoms with E-state index in [1.807, 2.05) is 0 Å². The Kier molecular flexibility index (Phi) is 5.31. The summed E-state index contributed by atoms with van der Waals surface area (Å²) in [7, 11) is 0. The zero-order valence-corrected chi connectivity index (χ0v) is 12.1. The summed E-state index contributed by atoms with van der Waals surface area (Å²) in [6.07, 6.45) is -12.6. The zero-order valence-electron chi connectivity index (χ0n) is 12.1. The Hall–Kier alpha value is -0.440. The van der Waals surface area contributed by atoms with E-state index in [0.29, 0.717) is 0 Å². The van der Waals surface area contributed by atoms with Crippen LogP contribution in [-0.2, 0) is 9.47 Å². The minimum atomic E-state index is -2.99. The van der Waals surface area contributed by atoms with E-state index in [1.54, 1.807) is 0 Å². The molecule has 0 bridgehead atoms. The predicted octanol–water partition coefficient (Wildman–Crippen LogP) is -6.04. The number of nitrogens with two attached hydrogens (primary N) is 1. The Morgan fingerprint density at radius 2 is 1.52 bits per heavy atom. The molecule has 2 rings (SSSR count). The van der Waals surface area contributed by atoms with Crippen LogP contribution in [0.2, 0.25) is 0 Å². The maximum Gasteiger partial charge on any atom is 0.190 e. The van der Waals surface area contributed by atoms with Crippen molar-refractivity contribution in [3.8, 4) is 0 Å². The lowest BCUT2D eigenvalue weighted by Gasteiger charge is -2.56. The van der Waals surface area contributed by atoms with Crippen molar-refractivity contribution in [2.75, 3.05) is 19.8 Å². The van der Waals surface area contributed by atoms with Gasteiger partial charge in [-0.2, -0.15) is 0 Å². The van der Waals surface area contributed by atoms with Crippen LogP contribution in [0.1, 0.15) is 0 Å². The first-order valence-corrected chi connectivity index (χ1v) is 7.08. The van der Waals surface area contributed by atoms with Crippen molar-refractivity contribution in [3.63, 3.8) is 0 Å². The third-order valence-corrected chi connectivity index (χ3v) is 4.65. The summed E-state index contributed by atoms with van der Waals surface area (Å²) in [6.45, 7) is -1.82. The Morgan fingerprint density at radius 1 is 0.957 bits per heavy atom. The molecule has 2 fully saturated rings. The normalized spacial score (nSPS) is 54.9. The van der Waals surface area contributed by atoms with Gasteiger partial charge >= 0.3 is 0 Å². The van der Waals surface area contributed by atoms with Gasteiger partial charge in [-0.3, -0.25) is 0 Å². The molecule has 10 N–H and O–H groups in total. The van der Waals surface area contributed by atoms with Gasteiger partial charge in [0, 0.05) is 6.54 Å². The number of aliphatic hydroxyl groups excluding tert-OH is 6. The summed E-state index contributed by atoms with van der Waals surface area (Å²) in [5, 5.41) is 80.3. The Balaban J connectivity index is 2.37. The molecule has 2 heterocycles. The minimum Gasteiger partial charge on any atom is -0.394 e. The Morgan fingerprint density at radius 3 is 2.04 bits per heavy atom. The molecule has 11 nitrogen and oxygen atoms in total. The first-order valence-electron chi connectivity index (χ1n) is 7.08. The average Bonchev–Trinajstić information content (AvgIpc) is 2.54. The highest BCUT2D eigenvalue weighted by Gasteiger charge is 2.70. The maximum absolute atomic E-state index is 10.6. The number of hydrogen-bond acceptors (Lipinski definition) is 11. The minimum absolute atomic E-state index is 0.294. The molecule has 2 aliphatic heterocycles. The molecule has 0 amide bonds. The second kappa shape index (κ2) is 6.46. The van der Waals surface area contributed by atoms with Crippen molar-refractivity contribution in [1.29, 1.82) is 0 Å². The second-order valence-corrected chi connectivity index (χ2v) is 5.92. The second-order valence-electron chi connectivity index (χ2n) is 5.92. The van der Waals surface area contributed by atoms with E-state index in [-0.39, 0.29) is 6.54 Å². The molecular weight excluding hydrogens is 318 g/mol. The lowest BCUT2D eigenvalue weighted by molar-refractivity contribution is -0.397. The molecule has 0 aromatic carbocycles. The molecule has 136 valence electrons. The van der Waals surface area contributed by atoms with Crippen LogP contribution in [0, 0.1) is 0 Å². The Labute approximate surface area is 131 Å². The van der Waals surface area contributed by atoms with Crippen LogP contribution in [0.5, 0.6) is 0 Å².